The molecule has 0 radical (unpaired) electrons. The van der Waals surface area contributed by atoms with Crippen molar-refractivity contribution < 1.29 is 14.6 Å². The van der Waals surface area contributed by atoms with Gasteiger partial charge in [0, 0.05) is 6.07 Å². The Morgan fingerprint density at radius 1 is 1.13 bits per heavy atom. The lowest BCUT2D eigenvalue weighted by atomic mass is 10.1. The largest absolute Gasteiger partial charge is 0.491 e. The fourth-order valence-corrected chi connectivity index (χ4v) is 2.34. The Bertz CT molecular complexity index is 870. The quantitative estimate of drug-likeness (QED) is 0.579. The second kappa shape index (κ2) is 6.27. The van der Waals surface area contributed by atoms with Gasteiger partial charge in [-0.15, -0.1) is 0 Å². The first-order chi connectivity index (χ1) is 11.1. The monoisotopic (exact) mass is 313 g/mol. The van der Waals surface area contributed by atoms with Crippen molar-refractivity contribution in [2.45, 2.75) is 6.04 Å². The third kappa shape index (κ3) is 3.52. The number of hydrogen-bond donors (Lipinski definition) is 4. The fraction of sp³-hybridized carbons (Fsp3) is 0.125. The molecule has 2 aromatic carbocycles. The Morgan fingerprint density at radius 2 is 1.87 bits per heavy atom. The summed E-state index contributed by atoms with van der Waals surface area (Å²) in [6.07, 6.45) is -1.12. The highest BCUT2D eigenvalue weighted by Gasteiger charge is 2.15. The second-order valence-corrected chi connectivity index (χ2v) is 5.01. The van der Waals surface area contributed by atoms with Crippen molar-refractivity contribution in [2.75, 3.05) is 6.61 Å². The first-order valence-corrected chi connectivity index (χ1v) is 7.01. The number of carboxylic acid groups (broad SMARTS) is 1. The lowest BCUT2D eigenvalue weighted by Gasteiger charge is -2.18. The molecule has 1 heterocycles. The molecule has 3 rings (SSSR count). The van der Waals surface area contributed by atoms with E-state index in [0.717, 1.165) is 5.56 Å². The molecule has 23 heavy (non-hydrogen) atoms. The van der Waals surface area contributed by atoms with E-state index in [0.29, 0.717) is 16.8 Å². The van der Waals surface area contributed by atoms with Crippen molar-refractivity contribution in [1.29, 1.82) is 0 Å². The molecule has 7 heteroatoms. The second-order valence-electron chi connectivity index (χ2n) is 5.01. The van der Waals surface area contributed by atoms with Crippen LogP contribution in [0.25, 0.3) is 11.0 Å². The van der Waals surface area contributed by atoms with E-state index in [1.54, 1.807) is 18.2 Å². The van der Waals surface area contributed by atoms with Crippen molar-refractivity contribution in [1.82, 2.24) is 15.3 Å². The van der Waals surface area contributed by atoms with Crippen LogP contribution in [0.15, 0.2) is 53.3 Å². The Hall–Kier alpha value is -3.22. The standard InChI is InChI=1S/C16H15N3O4/c20-15-17-12-7-6-11(8-13(12)18-15)23-9-14(19-16(21)22)10-4-2-1-3-5-10/h1-8,14,19H,9H2,(H,21,22)(H2,17,18,20)/t14-/m0/s1. The first-order valence-electron chi connectivity index (χ1n) is 7.01. The molecule has 118 valence electrons. The topological polar surface area (TPSA) is 107 Å². The fourth-order valence-electron chi connectivity index (χ4n) is 2.34. The predicted octanol–water partition coefficient (Wildman–Crippen LogP) is 2.24. The minimum absolute atomic E-state index is 0.135. The lowest BCUT2D eigenvalue weighted by molar-refractivity contribution is 0.181. The maximum atomic E-state index is 11.2. The molecular weight excluding hydrogens is 298 g/mol. The van der Waals surface area contributed by atoms with E-state index in [1.807, 2.05) is 30.3 Å². The van der Waals surface area contributed by atoms with Gasteiger partial charge in [0.05, 0.1) is 17.1 Å². The molecule has 4 N–H and O–H groups in total. The van der Waals surface area contributed by atoms with Crippen LogP contribution in [0.3, 0.4) is 0 Å². The highest BCUT2D eigenvalue weighted by molar-refractivity contribution is 5.75. The average molecular weight is 313 g/mol. The molecule has 0 aliphatic rings. The molecule has 0 aliphatic heterocycles. The summed E-state index contributed by atoms with van der Waals surface area (Å²) in [5.41, 5.74) is 1.85. The molecule has 0 aliphatic carbocycles. The van der Waals surface area contributed by atoms with Gasteiger partial charge in [0.2, 0.25) is 0 Å². The van der Waals surface area contributed by atoms with Gasteiger partial charge >= 0.3 is 11.8 Å². The van der Waals surface area contributed by atoms with Gasteiger partial charge < -0.3 is 25.1 Å². The Balaban J connectivity index is 1.76. The number of hydrogen-bond acceptors (Lipinski definition) is 3. The van der Waals surface area contributed by atoms with Crippen molar-refractivity contribution in [3.63, 3.8) is 0 Å². The van der Waals surface area contributed by atoms with Crippen molar-refractivity contribution in [3.05, 3.63) is 64.6 Å². The number of fused-ring (bicyclic) bond motifs is 1. The van der Waals surface area contributed by atoms with E-state index in [1.165, 1.54) is 0 Å². The maximum absolute atomic E-state index is 11.2. The smallest absolute Gasteiger partial charge is 0.405 e. The first kappa shape index (κ1) is 14.7. The number of aromatic amines is 2. The van der Waals surface area contributed by atoms with E-state index in [4.69, 9.17) is 9.84 Å². The Labute approximate surface area is 130 Å². The van der Waals surface area contributed by atoms with Gasteiger partial charge in [0.25, 0.3) is 0 Å². The van der Waals surface area contributed by atoms with E-state index in [-0.39, 0.29) is 12.3 Å². The summed E-state index contributed by atoms with van der Waals surface area (Å²) in [7, 11) is 0. The van der Waals surface area contributed by atoms with Crippen LogP contribution in [0.2, 0.25) is 0 Å². The zero-order valence-electron chi connectivity index (χ0n) is 12.1. The third-order valence-corrected chi connectivity index (χ3v) is 3.40. The number of amides is 1. The van der Waals surface area contributed by atoms with Gasteiger partial charge in [-0.2, -0.15) is 0 Å². The highest BCUT2D eigenvalue weighted by Crippen LogP contribution is 2.19. The zero-order chi connectivity index (χ0) is 16.2. The van der Waals surface area contributed by atoms with Crippen molar-refractivity contribution in [2.24, 2.45) is 0 Å². The molecule has 0 fully saturated rings. The number of ether oxygens (including phenoxy) is 1. The predicted molar refractivity (Wildman–Crippen MR) is 84.8 cm³/mol. The summed E-state index contributed by atoms with van der Waals surface area (Å²) in [5, 5.41) is 11.4. The van der Waals surface area contributed by atoms with Gasteiger partial charge in [0.1, 0.15) is 12.4 Å². The molecule has 3 aromatic rings. The summed E-state index contributed by atoms with van der Waals surface area (Å²) in [6, 6.07) is 13.8. The molecule has 0 saturated heterocycles. The third-order valence-electron chi connectivity index (χ3n) is 3.40. The Morgan fingerprint density at radius 3 is 2.61 bits per heavy atom. The molecule has 0 unspecified atom stereocenters. The number of carbonyl (C=O) groups is 1. The summed E-state index contributed by atoms with van der Waals surface area (Å²) in [4.78, 5) is 27.5. The summed E-state index contributed by atoms with van der Waals surface area (Å²) in [6.45, 7) is 0.135. The van der Waals surface area contributed by atoms with E-state index < -0.39 is 12.1 Å². The maximum Gasteiger partial charge on any atom is 0.405 e. The van der Waals surface area contributed by atoms with Gasteiger partial charge in [-0.05, 0) is 17.7 Å². The SMILES string of the molecule is O=C(O)N[C@@H](COc1ccc2[nH]c(=O)[nH]c2c1)c1ccccc1. The highest BCUT2D eigenvalue weighted by atomic mass is 16.5. The minimum atomic E-state index is -1.12. The van der Waals surface area contributed by atoms with Gasteiger partial charge in [0.15, 0.2) is 0 Å². The summed E-state index contributed by atoms with van der Waals surface area (Å²) < 4.78 is 5.68. The molecule has 7 nitrogen and oxygen atoms in total. The lowest BCUT2D eigenvalue weighted by Crippen LogP contribution is -2.31. The molecule has 1 aromatic heterocycles. The average Bonchev–Trinajstić information content (AvgIpc) is 2.91. The Kier molecular flexibility index (Phi) is 4.01. The number of imidazole rings is 1. The number of aromatic nitrogens is 2. The van der Waals surface area contributed by atoms with Crippen LogP contribution >= 0.6 is 0 Å². The number of rotatable bonds is 5. The van der Waals surface area contributed by atoms with Crippen molar-refractivity contribution >= 4 is 17.1 Å². The molecule has 0 bridgehead atoms. The van der Waals surface area contributed by atoms with E-state index in [2.05, 4.69) is 15.3 Å². The van der Waals surface area contributed by atoms with Crippen LogP contribution < -0.4 is 15.7 Å². The molecule has 0 spiro atoms. The number of H-pyrrole nitrogens is 2. The molecule has 0 saturated carbocycles. The number of nitrogens with one attached hydrogen (secondary N) is 3. The number of benzene rings is 2. The molecular formula is C16H15N3O4. The molecule has 1 amide bonds. The van der Waals surface area contributed by atoms with Crippen LogP contribution in [0.5, 0.6) is 5.75 Å². The van der Waals surface area contributed by atoms with E-state index in [9.17, 15) is 9.59 Å². The van der Waals surface area contributed by atoms with Crippen LogP contribution in [0, 0.1) is 0 Å². The molecule has 1 atom stereocenters. The summed E-state index contributed by atoms with van der Waals surface area (Å²) in [5.74, 6) is 0.542. The van der Waals surface area contributed by atoms with Gasteiger partial charge in [-0.25, -0.2) is 9.59 Å². The van der Waals surface area contributed by atoms with Gasteiger partial charge in [-0.3, -0.25) is 0 Å². The summed E-state index contributed by atoms with van der Waals surface area (Å²) >= 11 is 0. The van der Waals surface area contributed by atoms with Crippen LogP contribution in [-0.4, -0.2) is 27.8 Å². The van der Waals surface area contributed by atoms with E-state index >= 15 is 0 Å². The zero-order valence-corrected chi connectivity index (χ0v) is 12.1. The minimum Gasteiger partial charge on any atom is -0.491 e. The van der Waals surface area contributed by atoms with Crippen LogP contribution in [0.1, 0.15) is 11.6 Å². The van der Waals surface area contributed by atoms with Gasteiger partial charge in [-0.1, -0.05) is 30.3 Å². The van der Waals surface area contributed by atoms with Crippen molar-refractivity contribution in [3.8, 4) is 5.75 Å². The van der Waals surface area contributed by atoms with Crippen LogP contribution in [-0.2, 0) is 0 Å². The van der Waals surface area contributed by atoms with Crippen LogP contribution in [0.4, 0.5) is 4.79 Å². The normalized spacial score (nSPS) is 12.0.